The van der Waals surface area contributed by atoms with E-state index in [9.17, 15) is 4.39 Å². The molecule has 0 spiro atoms. The van der Waals surface area contributed by atoms with Crippen LogP contribution < -0.4 is 5.73 Å². The van der Waals surface area contributed by atoms with Gasteiger partial charge in [-0.2, -0.15) is 0 Å². The first-order valence-corrected chi connectivity index (χ1v) is 5.19. The van der Waals surface area contributed by atoms with Gasteiger partial charge in [-0.05, 0) is 18.9 Å². The lowest BCUT2D eigenvalue weighted by atomic mass is 9.94. The standard InChI is InChI=1S/C11H13ClFN/c12-10-4-2-1-3-9(10)11(13)6-5-8(14)7-11/h1-4,8H,5-7,14H2. The minimum absolute atomic E-state index is 0.0312. The highest BCUT2D eigenvalue weighted by molar-refractivity contribution is 6.31. The van der Waals surface area contributed by atoms with E-state index in [1.807, 2.05) is 12.1 Å². The van der Waals surface area contributed by atoms with Gasteiger partial charge in [-0.1, -0.05) is 29.8 Å². The summed E-state index contributed by atoms with van der Waals surface area (Å²) in [6.07, 6.45) is 1.61. The molecule has 1 aromatic carbocycles. The van der Waals surface area contributed by atoms with Crippen LogP contribution in [0.25, 0.3) is 0 Å². The Labute approximate surface area is 88.1 Å². The van der Waals surface area contributed by atoms with E-state index in [-0.39, 0.29) is 6.04 Å². The van der Waals surface area contributed by atoms with Crippen LogP contribution in [0.1, 0.15) is 24.8 Å². The molecule has 1 saturated carbocycles. The Bertz CT molecular complexity index is 342. The molecule has 0 saturated heterocycles. The van der Waals surface area contributed by atoms with E-state index in [1.165, 1.54) is 0 Å². The molecule has 14 heavy (non-hydrogen) atoms. The smallest absolute Gasteiger partial charge is 0.139 e. The third kappa shape index (κ3) is 1.64. The maximum absolute atomic E-state index is 14.4. The highest BCUT2D eigenvalue weighted by Gasteiger charge is 2.40. The quantitative estimate of drug-likeness (QED) is 0.763. The summed E-state index contributed by atoms with van der Waals surface area (Å²) in [5.41, 5.74) is 5.00. The van der Waals surface area contributed by atoms with Gasteiger partial charge in [-0.15, -0.1) is 0 Å². The summed E-state index contributed by atoms with van der Waals surface area (Å²) in [4.78, 5) is 0. The summed E-state index contributed by atoms with van der Waals surface area (Å²) in [6, 6.07) is 7.06. The normalized spacial score (nSPS) is 32.1. The van der Waals surface area contributed by atoms with Crippen LogP contribution >= 0.6 is 11.6 Å². The lowest BCUT2D eigenvalue weighted by molar-refractivity contribution is 0.172. The highest BCUT2D eigenvalue weighted by Crippen LogP contribution is 2.44. The Morgan fingerprint density at radius 1 is 1.43 bits per heavy atom. The van der Waals surface area contributed by atoms with Crippen molar-refractivity contribution in [1.29, 1.82) is 0 Å². The van der Waals surface area contributed by atoms with Crippen molar-refractivity contribution in [3.8, 4) is 0 Å². The van der Waals surface area contributed by atoms with Crippen molar-refractivity contribution in [1.82, 2.24) is 0 Å². The minimum Gasteiger partial charge on any atom is -0.328 e. The second-order valence-corrected chi connectivity index (χ2v) is 4.36. The van der Waals surface area contributed by atoms with Crippen LogP contribution in [0, 0.1) is 0 Å². The van der Waals surface area contributed by atoms with Crippen molar-refractivity contribution >= 4 is 11.6 Å². The number of nitrogens with two attached hydrogens (primary N) is 1. The molecule has 0 amide bonds. The Hall–Kier alpha value is -0.600. The number of halogens is 2. The molecule has 1 aliphatic rings. The van der Waals surface area contributed by atoms with Gasteiger partial charge in [0, 0.05) is 23.0 Å². The van der Waals surface area contributed by atoms with E-state index in [1.54, 1.807) is 12.1 Å². The Kier molecular flexibility index (Phi) is 2.50. The predicted octanol–water partition coefficient (Wildman–Crippen LogP) is 3.02. The molecular formula is C11H13ClFN. The summed E-state index contributed by atoms with van der Waals surface area (Å²) >= 11 is 5.96. The third-order valence-corrected chi connectivity index (χ3v) is 3.18. The third-order valence-electron chi connectivity index (χ3n) is 2.85. The van der Waals surface area contributed by atoms with Gasteiger partial charge in [0.2, 0.25) is 0 Å². The SMILES string of the molecule is NC1CCC(F)(c2ccccc2Cl)C1. The van der Waals surface area contributed by atoms with Gasteiger partial charge in [-0.25, -0.2) is 4.39 Å². The Morgan fingerprint density at radius 3 is 2.71 bits per heavy atom. The van der Waals surface area contributed by atoms with Crippen LogP contribution in [0.2, 0.25) is 5.02 Å². The maximum atomic E-state index is 14.4. The number of rotatable bonds is 1. The molecule has 0 bridgehead atoms. The lowest BCUT2D eigenvalue weighted by Crippen LogP contribution is -2.21. The van der Waals surface area contributed by atoms with Crippen molar-refractivity contribution in [2.45, 2.75) is 31.0 Å². The molecule has 3 heteroatoms. The Morgan fingerprint density at radius 2 is 2.14 bits per heavy atom. The molecule has 1 aromatic rings. The summed E-state index contributed by atoms with van der Waals surface area (Å²) in [5, 5.41) is 0.504. The first-order chi connectivity index (χ1) is 6.62. The van der Waals surface area contributed by atoms with E-state index < -0.39 is 5.67 Å². The Balaban J connectivity index is 2.35. The van der Waals surface area contributed by atoms with E-state index in [4.69, 9.17) is 17.3 Å². The zero-order valence-corrected chi connectivity index (χ0v) is 8.60. The monoisotopic (exact) mass is 213 g/mol. The topological polar surface area (TPSA) is 26.0 Å². The van der Waals surface area contributed by atoms with Crippen molar-refractivity contribution in [3.63, 3.8) is 0 Å². The predicted molar refractivity (Wildman–Crippen MR) is 56.1 cm³/mol. The molecule has 2 atom stereocenters. The molecule has 1 aliphatic carbocycles. The van der Waals surface area contributed by atoms with Crippen molar-refractivity contribution in [2.24, 2.45) is 5.73 Å². The molecule has 1 fully saturated rings. The van der Waals surface area contributed by atoms with Crippen LogP contribution in [0.3, 0.4) is 0 Å². The summed E-state index contributed by atoms with van der Waals surface area (Å²) in [5.74, 6) is 0. The van der Waals surface area contributed by atoms with Crippen molar-refractivity contribution in [2.75, 3.05) is 0 Å². The molecule has 2 N–H and O–H groups in total. The van der Waals surface area contributed by atoms with Crippen LogP contribution in [0.4, 0.5) is 4.39 Å². The van der Waals surface area contributed by atoms with Crippen molar-refractivity contribution in [3.05, 3.63) is 34.9 Å². The molecule has 0 aliphatic heterocycles. The number of benzene rings is 1. The van der Waals surface area contributed by atoms with Gasteiger partial charge in [0.1, 0.15) is 5.67 Å². The van der Waals surface area contributed by atoms with Gasteiger partial charge in [0.15, 0.2) is 0 Å². The van der Waals surface area contributed by atoms with E-state index in [0.29, 0.717) is 23.4 Å². The lowest BCUT2D eigenvalue weighted by Gasteiger charge is -2.20. The molecule has 76 valence electrons. The van der Waals surface area contributed by atoms with Gasteiger partial charge in [-0.3, -0.25) is 0 Å². The zero-order valence-electron chi connectivity index (χ0n) is 7.84. The molecule has 1 nitrogen and oxygen atoms in total. The van der Waals surface area contributed by atoms with E-state index >= 15 is 0 Å². The summed E-state index contributed by atoms with van der Waals surface area (Å²) in [6.45, 7) is 0. The largest absolute Gasteiger partial charge is 0.328 e. The molecular weight excluding hydrogens is 201 g/mol. The number of hydrogen-bond donors (Lipinski definition) is 1. The second-order valence-electron chi connectivity index (χ2n) is 3.95. The average Bonchev–Trinajstić information content (AvgIpc) is 2.48. The summed E-state index contributed by atoms with van der Waals surface area (Å²) in [7, 11) is 0. The average molecular weight is 214 g/mol. The van der Waals surface area contributed by atoms with Crippen molar-refractivity contribution < 1.29 is 4.39 Å². The number of alkyl halides is 1. The van der Waals surface area contributed by atoms with E-state index in [0.717, 1.165) is 6.42 Å². The molecule has 0 heterocycles. The van der Waals surface area contributed by atoms with Crippen LogP contribution in [0.15, 0.2) is 24.3 Å². The fourth-order valence-electron chi connectivity index (χ4n) is 2.10. The fraction of sp³-hybridized carbons (Fsp3) is 0.455. The van der Waals surface area contributed by atoms with Gasteiger partial charge >= 0.3 is 0 Å². The molecule has 2 unspecified atom stereocenters. The highest BCUT2D eigenvalue weighted by atomic mass is 35.5. The zero-order chi connectivity index (χ0) is 10.2. The molecule has 2 rings (SSSR count). The molecule has 0 radical (unpaired) electrons. The van der Waals surface area contributed by atoms with E-state index in [2.05, 4.69) is 0 Å². The maximum Gasteiger partial charge on any atom is 0.139 e. The number of hydrogen-bond acceptors (Lipinski definition) is 1. The van der Waals surface area contributed by atoms with Crippen LogP contribution in [-0.2, 0) is 5.67 Å². The van der Waals surface area contributed by atoms with Crippen LogP contribution in [0.5, 0.6) is 0 Å². The fourth-order valence-corrected chi connectivity index (χ4v) is 2.41. The first kappa shape index (κ1) is 9.94. The van der Waals surface area contributed by atoms with Gasteiger partial charge in [0.25, 0.3) is 0 Å². The summed E-state index contributed by atoms with van der Waals surface area (Å²) < 4.78 is 14.4. The van der Waals surface area contributed by atoms with Gasteiger partial charge < -0.3 is 5.73 Å². The van der Waals surface area contributed by atoms with Crippen LogP contribution in [-0.4, -0.2) is 6.04 Å². The minimum atomic E-state index is -1.31. The second kappa shape index (κ2) is 3.52. The molecule has 0 aromatic heterocycles. The first-order valence-electron chi connectivity index (χ1n) is 4.81. The van der Waals surface area contributed by atoms with Gasteiger partial charge in [0.05, 0.1) is 0 Å².